The third kappa shape index (κ3) is 7.70. The molecule has 1 aromatic heterocycles. The monoisotopic (exact) mass is 371 g/mol. The van der Waals surface area contributed by atoms with E-state index in [2.05, 4.69) is 29.9 Å². The summed E-state index contributed by atoms with van der Waals surface area (Å²) in [4.78, 5) is 27.9. The highest BCUT2D eigenvalue weighted by molar-refractivity contribution is 6.76. The number of methoxy groups -OCH3 is 1. The summed E-state index contributed by atoms with van der Waals surface area (Å²) in [5.41, 5.74) is -0.657. The molecule has 8 nitrogen and oxygen atoms in total. The standard InChI is InChI=1S/C16H29N3O5Si/c1-16(2,3)24-15(21)18-13-12(14(20)22-4)17-10-19(13)11-23-8-9-25(5,6)7/h10H,8-9,11H2,1-7H3,(H,18,21). The summed E-state index contributed by atoms with van der Waals surface area (Å²) in [6.45, 7) is 12.8. The summed E-state index contributed by atoms with van der Waals surface area (Å²) in [6.07, 6.45) is 0.745. The lowest BCUT2D eigenvalue weighted by Crippen LogP contribution is -2.28. The summed E-state index contributed by atoms with van der Waals surface area (Å²) >= 11 is 0. The number of carbonyl (C=O) groups is 2. The van der Waals surface area contributed by atoms with Crippen LogP contribution in [-0.4, -0.2) is 49.0 Å². The van der Waals surface area contributed by atoms with E-state index in [9.17, 15) is 9.59 Å². The van der Waals surface area contributed by atoms with Gasteiger partial charge in [0.25, 0.3) is 0 Å². The Bertz CT molecular complexity index is 602. The number of rotatable bonds is 7. The van der Waals surface area contributed by atoms with Crippen LogP contribution in [0.15, 0.2) is 6.33 Å². The van der Waals surface area contributed by atoms with Gasteiger partial charge in [-0.3, -0.25) is 9.88 Å². The Hall–Kier alpha value is -1.87. The number of nitrogens with one attached hydrogen (secondary N) is 1. The number of imidazole rings is 1. The lowest BCUT2D eigenvalue weighted by Gasteiger charge is -2.20. The van der Waals surface area contributed by atoms with E-state index in [1.54, 1.807) is 25.3 Å². The van der Waals surface area contributed by atoms with Crippen molar-refractivity contribution in [2.75, 3.05) is 19.0 Å². The molecule has 1 rings (SSSR count). The molecule has 0 aromatic carbocycles. The Morgan fingerprint density at radius 3 is 2.44 bits per heavy atom. The molecule has 1 heterocycles. The number of nitrogens with zero attached hydrogens (tertiary/aromatic N) is 2. The van der Waals surface area contributed by atoms with Gasteiger partial charge in [-0.1, -0.05) is 19.6 Å². The second-order valence-corrected chi connectivity index (χ2v) is 13.5. The zero-order valence-electron chi connectivity index (χ0n) is 16.1. The second-order valence-electron chi connectivity index (χ2n) is 7.88. The largest absolute Gasteiger partial charge is 0.464 e. The molecule has 0 saturated heterocycles. The van der Waals surface area contributed by atoms with Gasteiger partial charge in [0, 0.05) is 14.7 Å². The summed E-state index contributed by atoms with van der Waals surface area (Å²) < 4.78 is 17.1. The molecular weight excluding hydrogens is 342 g/mol. The smallest absolute Gasteiger partial charge is 0.413 e. The molecule has 0 aliphatic heterocycles. The number of esters is 1. The van der Waals surface area contributed by atoms with Crippen LogP contribution in [0.25, 0.3) is 0 Å². The highest BCUT2D eigenvalue weighted by Gasteiger charge is 2.23. The molecule has 0 unspecified atom stereocenters. The van der Waals surface area contributed by atoms with E-state index < -0.39 is 25.7 Å². The van der Waals surface area contributed by atoms with Gasteiger partial charge in [0.05, 0.1) is 13.4 Å². The fourth-order valence-corrected chi connectivity index (χ4v) is 2.56. The van der Waals surface area contributed by atoms with Crippen molar-refractivity contribution < 1.29 is 23.8 Å². The highest BCUT2D eigenvalue weighted by atomic mass is 28.3. The Kier molecular flexibility index (Phi) is 7.18. The topological polar surface area (TPSA) is 91.7 Å². The summed E-state index contributed by atoms with van der Waals surface area (Å²) in [7, 11) is 0.0589. The minimum Gasteiger partial charge on any atom is -0.464 e. The fraction of sp³-hybridized carbons (Fsp3) is 0.688. The third-order valence-electron chi connectivity index (χ3n) is 3.06. The zero-order chi connectivity index (χ0) is 19.3. The van der Waals surface area contributed by atoms with Crippen LogP contribution in [0.2, 0.25) is 25.7 Å². The maximum atomic E-state index is 12.0. The van der Waals surface area contributed by atoms with E-state index in [1.807, 2.05) is 0 Å². The summed E-state index contributed by atoms with van der Waals surface area (Å²) in [5, 5.41) is 2.56. The van der Waals surface area contributed by atoms with Crippen molar-refractivity contribution in [2.24, 2.45) is 0 Å². The fourth-order valence-electron chi connectivity index (χ4n) is 1.80. The molecule has 0 aliphatic carbocycles. The van der Waals surface area contributed by atoms with Gasteiger partial charge >= 0.3 is 12.1 Å². The molecule has 1 N–H and O–H groups in total. The van der Waals surface area contributed by atoms with Crippen LogP contribution < -0.4 is 5.32 Å². The van der Waals surface area contributed by atoms with E-state index in [0.29, 0.717) is 6.61 Å². The van der Waals surface area contributed by atoms with E-state index in [0.717, 1.165) is 6.04 Å². The van der Waals surface area contributed by atoms with Gasteiger partial charge in [-0.05, 0) is 26.8 Å². The lowest BCUT2D eigenvalue weighted by molar-refractivity contribution is 0.0594. The van der Waals surface area contributed by atoms with Crippen LogP contribution in [0.4, 0.5) is 10.6 Å². The molecule has 0 spiro atoms. The van der Waals surface area contributed by atoms with Crippen molar-refractivity contribution in [1.29, 1.82) is 0 Å². The number of aromatic nitrogens is 2. The number of carbonyl (C=O) groups excluding carboxylic acids is 2. The minimum absolute atomic E-state index is 0.00200. The average Bonchev–Trinajstić information content (AvgIpc) is 2.82. The van der Waals surface area contributed by atoms with Gasteiger partial charge in [0.1, 0.15) is 12.3 Å². The van der Waals surface area contributed by atoms with Gasteiger partial charge < -0.3 is 14.2 Å². The van der Waals surface area contributed by atoms with Crippen LogP contribution in [0.1, 0.15) is 31.3 Å². The third-order valence-corrected chi connectivity index (χ3v) is 4.77. The number of ether oxygens (including phenoxy) is 3. The molecule has 9 heteroatoms. The van der Waals surface area contributed by atoms with Gasteiger partial charge in [-0.25, -0.2) is 14.6 Å². The molecule has 1 amide bonds. The van der Waals surface area contributed by atoms with E-state index in [-0.39, 0.29) is 18.2 Å². The van der Waals surface area contributed by atoms with Gasteiger partial charge in [-0.2, -0.15) is 0 Å². The molecule has 0 saturated carbocycles. The van der Waals surface area contributed by atoms with Crippen LogP contribution >= 0.6 is 0 Å². The molecule has 25 heavy (non-hydrogen) atoms. The molecule has 1 aromatic rings. The van der Waals surface area contributed by atoms with Crippen LogP contribution in [0, 0.1) is 0 Å². The van der Waals surface area contributed by atoms with Gasteiger partial charge in [0.15, 0.2) is 11.5 Å². The Morgan fingerprint density at radius 2 is 1.92 bits per heavy atom. The van der Waals surface area contributed by atoms with Crippen LogP contribution in [-0.2, 0) is 20.9 Å². The maximum Gasteiger partial charge on any atom is 0.413 e. The van der Waals surface area contributed by atoms with Crippen molar-refractivity contribution in [3.63, 3.8) is 0 Å². The van der Waals surface area contributed by atoms with Crippen LogP contribution in [0.3, 0.4) is 0 Å². The van der Waals surface area contributed by atoms with Crippen LogP contribution in [0.5, 0.6) is 0 Å². The number of amides is 1. The summed E-state index contributed by atoms with van der Waals surface area (Å²) in [5.74, 6) is -0.457. The normalized spacial score (nSPS) is 12.0. The SMILES string of the molecule is COC(=O)c1ncn(COCC[Si](C)(C)C)c1NC(=O)OC(C)(C)C. The van der Waals surface area contributed by atoms with E-state index >= 15 is 0 Å². The van der Waals surface area contributed by atoms with E-state index in [1.165, 1.54) is 13.4 Å². The molecule has 0 radical (unpaired) electrons. The van der Waals surface area contributed by atoms with Crippen molar-refractivity contribution in [3.8, 4) is 0 Å². The number of hydrogen-bond acceptors (Lipinski definition) is 6. The lowest BCUT2D eigenvalue weighted by atomic mass is 10.2. The first kappa shape index (κ1) is 21.2. The quantitative estimate of drug-likeness (QED) is 0.449. The Labute approximate surface area is 149 Å². The molecule has 0 fully saturated rings. The van der Waals surface area contributed by atoms with E-state index in [4.69, 9.17) is 14.2 Å². The molecule has 142 valence electrons. The van der Waals surface area contributed by atoms with Crippen molar-refractivity contribution >= 4 is 26.0 Å². The van der Waals surface area contributed by atoms with Gasteiger partial charge in [-0.15, -0.1) is 0 Å². The molecular formula is C16H29N3O5Si. The Morgan fingerprint density at radius 1 is 1.28 bits per heavy atom. The predicted octanol–water partition coefficient (Wildman–Crippen LogP) is 3.33. The maximum absolute atomic E-state index is 12.0. The first-order chi connectivity index (χ1) is 11.4. The molecule has 0 bridgehead atoms. The Balaban J connectivity index is 2.85. The number of anilines is 1. The average molecular weight is 372 g/mol. The highest BCUT2D eigenvalue weighted by Crippen LogP contribution is 2.18. The van der Waals surface area contributed by atoms with Gasteiger partial charge in [0.2, 0.25) is 0 Å². The first-order valence-corrected chi connectivity index (χ1v) is 11.8. The van der Waals surface area contributed by atoms with Crippen molar-refractivity contribution in [2.45, 2.75) is 58.8 Å². The van der Waals surface area contributed by atoms with Crippen molar-refractivity contribution in [1.82, 2.24) is 9.55 Å². The minimum atomic E-state index is -1.19. The zero-order valence-corrected chi connectivity index (χ0v) is 17.1. The molecule has 0 atom stereocenters. The first-order valence-electron chi connectivity index (χ1n) is 8.14. The molecule has 0 aliphatic rings. The van der Waals surface area contributed by atoms with Crippen molar-refractivity contribution in [3.05, 3.63) is 12.0 Å². The second kappa shape index (κ2) is 8.48. The predicted molar refractivity (Wildman–Crippen MR) is 97.5 cm³/mol. The number of hydrogen-bond donors (Lipinski definition) is 1. The summed E-state index contributed by atoms with van der Waals surface area (Å²) in [6, 6.07) is 1.01.